The highest BCUT2D eigenvalue weighted by molar-refractivity contribution is 7.22. The molecule has 0 aliphatic carbocycles. The lowest BCUT2D eigenvalue weighted by Crippen LogP contribution is -2.28. The van der Waals surface area contributed by atoms with E-state index in [0.29, 0.717) is 22.5 Å². The number of nitrogen functional groups attached to an aromatic ring is 1. The van der Waals surface area contributed by atoms with Gasteiger partial charge in [-0.2, -0.15) is 0 Å². The molecule has 0 spiro atoms. The highest BCUT2D eigenvalue weighted by atomic mass is 32.1. The third-order valence-corrected chi connectivity index (χ3v) is 4.62. The van der Waals surface area contributed by atoms with E-state index in [2.05, 4.69) is 15.3 Å². The zero-order valence-corrected chi connectivity index (χ0v) is 13.3. The quantitative estimate of drug-likeness (QED) is 0.711. The molecule has 3 N–H and O–H groups in total. The predicted octanol–water partition coefficient (Wildman–Crippen LogP) is 2.67. The lowest BCUT2D eigenvalue weighted by molar-refractivity contribution is -0.121. The molecule has 1 aliphatic rings. The van der Waals surface area contributed by atoms with Crippen LogP contribution < -0.4 is 16.0 Å². The van der Waals surface area contributed by atoms with E-state index >= 15 is 0 Å². The number of carbonyl (C=O) groups is 2. The van der Waals surface area contributed by atoms with Crippen molar-refractivity contribution in [3.63, 3.8) is 0 Å². The molecule has 0 saturated carbocycles. The number of nitrogens with zero attached hydrogens (tertiary/aromatic N) is 3. The third-order valence-electron chi connectivity index (χ3n) is 3.69. The Bertz CT molecular complexity index is 952. The van der Waals surface area contributed by atoms with Crippen molar-refractivity contribution in [1.29, 1.82) is 0 Å². The van der Waals surface area contributed by atoms with Crippen LogP contribution in [0.2, 0.25) is 0 Å². The van der Waals surface area contributed by atoms with Gasteiger partial charge in [-0.3, -0.25) is 14.5 Å². The molecular formula is C16H13N5O2S. The maximum absolute atomic E-state index is 11.9. The summed E-state index contributed by atoms with van der Waals surface area (Å²) in [6, 6.07) is 10.7. The highest BCUT2D eigenvalue weighted by Gasteiger charge is 2.30. The molecule has 0 atom stereocenters. The fraction of sp³-hybridized carbons (Fsp3) is 0.125. The first-order valence-electron chi connectivity index (χ1n) is 7.36. The Kier molecular flexibility index (Phi) is 3.39. The average molecular weight is 339 g/mol. The number of anilines is 4. The molecule has 0 radical (unpaired) electrons. The molecule has 1 fully saturated rings. The van der Waals surface area contributed by atoms with Crippen LogP contribution in [0.5, 0.6) is 0 Å². The van der Waals surface area contributed by atoms with Crippen LogP contribution >= 0.6 is 11.3 Å². The van der Waals surface area contributed by atoms with Gasteiger partial charge in [-0.05, 0) is 30.3 Å². The topological polar surface area (TPSA) is 101 Å². The summed E-state index contributed by atoms with van der Waals surface area (Å²) in [5, 5.41) is 3.78. The van der Waals surface area contributed by atoms with Crippen molar-refractivity contribution in [3.05, 3.63) is 36.4 Å². The summed E-state index contributed by atoms with van der Waals surface area (Å²) < 4.78 is 0.881. The van der Waals surface area contributed by atoms with E-state index in [9.17, 15) is 9.59 Å². The van der Waals surface area contributed by atoms with Crippen LogP contribution in [0.15, 0.2) is 36.4 Å². The monoisotopic (exact) mass is 339 g/mol. The number of imide groups is 1. The van der Waals surface area contributed by atoms with Crippen LogP contribution in [0, 0.1) is 0 Å². The third kappa shape index (κ3) is 2.56. The summed E-state index contributed by atoms with van der Waals surface area (Å²) in [5.41, 5.74) is 7.04. The number of nitrogens with two attached hydrogens (primary N) is 1. The molecule has 1 aliphatic heterocycles. The van der Waals surface area contributed by atoms with E-state index in [-0.39, 0.29) is 24.7 Å². The van der Waals surface area contributed by atoms with Gasteiger partial charge in [-0.1, -0.05) is 17.4 Å². The number of benzene rings is 1. The van der Waals surface area contributed by atoms with Crippen molar-refractivity contribution in [2.24, 2.45) is 0 Å². The van der Waals surface area contributed by atoms with Gasteiger partial charge in [-0.25, -0.2) is 9.97 Å². The van der Waals surface area contributed by atoms with Crippen molar-refractivity contribution < 1.29 is 9.59 Å². The normalized spacial score (nSPS) is 14.6. The molecule has 2 amide bonds. The lowest BCUT2D eigenvalue weighted by Gasteiger charge is -2.13. The number of pyridine rings is 1. The molecule has 8 heteroatoms. The predicted molar refractivity (Wildman–Crippen MR) is 93.3 cm³/mol. The minimum Gasteiger partial charge on any atom is -0.384 e. The van der Waals surface area contributed by atoms with Crippen molar-refractivity contribution >= 4 is 55.8 Å². The van der Waals surface area contributed by atoms with Gasteiger partial charge in [0.1, 0.15) is 11.6 Å². The molecule has 2 aromatic heterocycles. The maximum Gasteiger partial charge on any atom is 0.234 e. The zero-order chi connectivity index (χ0) is 16.7. The fourth-order valence-corrected chi connectivity index (χ4v) is 3.51. The number of thiazole rings is 1. The minimum absolute atomic E-state index is 0.161. The molecule has 3 heterocycles. The summed E-state index contributed by atoms with van der Waals surface area (Å²) in [6.07, 6.45) is 0.543. The number of carbonyl (C=O) groups excluding carboxylic acids is 2. The molecule has 1 saturated heterocycles. The van der Waals surface area contributed by atoms with E-state index in [1.165, 1.54) is 16.2 Å². The Hall–Kier alpha value is -3.00. The van der Waals surface area contributed by atoms with Crippen molar-refractivity contribution in [2.45, 2.75) is 12.8 Å². The Labute approximate surface area is 141 Å². The van der Waals surface area contributed by atoms with E-state index in [0.717, 1.165) is 10.2 Å². The van der Waals surface area contributed by atoms with Gasteiger partial charge in [0.25, 0.3) is 0 Å². The van der Waals surface area contributed by atoms with Crippen molar-refractivity contribution in [3.8, 4) is 0 Å². The summed E-state index contributed by atoms with van der Waals surface area (Å²) in [4.78, 5) is 33.6. The first kappa shape index (κ1) is 14.6. The van der Waals surface area contributed by atoms with Gasteiger partial charge < -0.3 is 11.1 Å². The SMILES string of the molecule is Nc1cccc(Nc2nc3ccc(N4C(=O)CCC4=O)cc3s2)n1. The second kappa shape index (κ2) is 5.57. The van der Waals surface area contributed by atoms with E-state index < -0.39 is 0 Å². The molecule has 0 bridgehead atoms. The van der Waals surface area contributed by atoms with Crippen LogP contribution in [0.25, 0.3) is 10.2 Å². The standard InChI is InChI=1S/C16H13N5O2S/c17-12-2-1-3-13(19-12)20-16-18-10-5-4-9(8-11(10)24-16)21-14(22)6-7-15(21)23/h1-5,8H,6-7H2,(H3,17,18,19,20). The second-order valence-electron chi connectivity index (χ2n) is 5.37. The van der Waals surface area contributed by atoms with Crippen LogP contribution in [0.1, 0.15) is 12.8 Å². The summed E-state index contributed by atoms with van der Waals surface area (Å²) in [7, 11) is 0. The Morgan fingerprint density at radius 2 is 1.88 bits per heavy atom. The van der Waals surface area contributed by atoms with Crippen molar-refractivity contribution in [1.82, 2.24) is 9.97 Å². The molecular weight excluding hydrogens is 326 g/mol. The van der Waals surface area contributed by atoms with Crippen LogP contribution in [0.3, 0.4) is 0 Å². The molecule has 7 nitrogen and oxygen atoms in total. The number of hydrogen-bond acceptors (Lipinski definition) is 7. The zero-order valence-electron chi connectivity index (χ0n) is 12.5. The largest absolute Gasteiger partial charge is 0.384 e. The summed E-state index contributed by atoms with van der Waals surface area (Å²) in [6.45, 7) is 0. The Balaban J connectivity index is 1.66. The number of rotatable bonds is 3. The highest BCUT2D eigenvalue weighted by Crippen LogP contribution is 2.32. The summed E-state index contributed by atoms with van der Waals surface area (Å²) in [5.74, 6) is 0.714. The fourth-order valence-electron chi connectivity index (χ4n) is 2.60. The van der Waals surface area contributed by atoms with Gasteiger partial charge in [0.2, 0.25) is 11.8 Å². The van der Waals surface area contributed by atoms with Crippen LogP contribution in [0.4, 0.5) is 22.5 Å². The first-order chi connectivity index (χ1) is 11.6. The molecule has 3 aromatic rings. The minimum atomic E-state index is -0.161. The van der Waals surface area contributed by atoms with Gasteiger partial charge >= 0.3 is 0 Å². The van der Waals surface area contributed by atoms with Gasteiger partial charge in [-0.15, -0.1) is 0 Å². The number of fused-ring (bicyclic) bond motifs is 1. The maximum atomic E-state index is 11.9. The molecule has 0 unspecified atom stereocenters. The second-order valence-corrected chi connectivity index (χ2v) is 6.40. The van der Waals surface area contributed by atoms with E-state index in [4.69, 9.17) is 5.73 Å². The van der Waals surface area contributed by atoms with Crippen LogP contribution in [-0.4, -0.2) is 21.8 Å². The smallest absolute Gasteiger partial charge is 0.234 e. The molecule has 120 valence electrons. The number of aromatic nitrogens is 2. The lowest BCUT2D eigenvalue weighted by atomic mass is 10.3. The van der Waals surface area contributed by atoms with Gasteiger partial charge in [0.15, 0.2) is 5.13 Å². The molecule has 1 aromatic carbocycles. The molecule has 24 heavy (non-hydrogen) atoms. The van der Waals surface area contributed by atoms with Crippen LogP contribution in [-0.2, 0) is 9.59 Å². The average Bonchev–Trinajstić information content (AvgIpc) is 3.09. The first-order valence-corrected chi connectivity index (χ1v) is 8.18. The number of amides is 2. The van der Waals surface area contributed by atoms with E-state index in [1.54, 1.807) is 30.3 Å². The number of hydrogen-bond donors (Lipinski definition) is 2. The van der Waals surface area contributed by atoms with Gasteiger partial charge in [0, 0.05) is 12.8 Å². The van der Waals surface area contributed by atoms with E-state index in [1.807, 2.05) is 6.07 Å². The molecule has 4 rings (SSSR count). The summed E-state index contributed by atoms with van der Waals surface area (Å²) >= 11 is 1.42. The van der Waals surface area contributed by atoms with Gasteiger partial charge in [0.05, 0.1) is 15.9 Å². The Morgan fingerprint density at radius 3 is 2.62 bits per heavy atom. The van der Waals surface area contributed by atoms with Crippen molar-refractivity contribution in [2.75, 3.05) is 16.0 Å². The number of nitrogens with one attached hydrogen (secondary N) is 1. The Morgan fingerprint density at radius 1 is 1.08 bits per heavy atom.